The second-order valence-electron chi connectivity index (χ2n) is 3.19. The van der Waals surface area contributed by atoms with Gasteiger partial charge in [0, 0.05) is 23.1 Å². The van der Waals surface area contributed by atoms with Crippen molar-refractivity contribution < 1.29 is 9.90 Å². The van der Waals surface area contributed by atoms with Crippen LogP contribution < -0.4 is 0 Å². The number of carboxylic acid groups (broad SMARTS) is 1. The molecule has 16 heavy (non-hydrogen) atoms. The summed E-state index contributed by atoms with van der Waals surface area (Å²) in [7, 11) is 0. The third-order valence-corrected chi connectivity index (χ3v) is 2.46. The maximum Gasteiger partial charge on any atom is 0.354 e. The predicted molar refractivity (Wildman–Crippen MR) is 60.2 cm³/mol. The molecule has 2 aromatic rings. The predicted octanol–water partition coefficient (Wildman–Crippen LogP) is 1.79. The van der Waals surface area contributed by atoms with Crippen LogP contribution in [0.25, 0.3) is 0 Å². The fourth-order valence-electron chi connectivity index (χ4n) is 1.36. The standard InChI is InChI=1S/C10H8BrN3O2/c11-8-3-7(4-12-5-8)6-14-9(10(15)16)1-2-13-14/h1-5H,6H2,(H,15,16). The Bertz CT molecular complexity index is 524. The van der Waals surface area contributed by atoms with Gasteiger partial charge >= 0.3 is 5.97 Å². The zero-order valence-corrected chi connectivity index (χ0v) is 9.75. The Morgan fingerprint density at radius 1 is 1.50 bits per heavy atom. The minimum atomic E-state index is -0.986. The second-order valence-corrected chi connectivity index (χ2v) is 4.11. The summed E-state index contributed by atoms with van der Waals surface area (Å²) in [6.45, 7) is 0.390. The molecule has 0 fully saturated rings. The van der Waals surface area contributed by atoms with Crippen molar-refractivity contribution in [2.24, 2.45) is 0 Å². The smallest absolute Gasteiger partial charge is 0.354 e. The molecule has 0 aliphatic rings. The van der Waals surface area contributed by atoms with Crippen LogP contribution in [-0.4, -0.2) is 25.8 Å². The lowest BCUT2D eigenvalue weighted by atomic mass is 10.3. The van der Waals surface area contributed by atoms with E-state index in [2.05, 4.69) is 26.0 Å². The van der Waals surface area contributed by atoms with E-state index >= 15 is 0 Å². The quantitative estimate of drug-likeness (QED) is 0.931. The summed E-state index contributed by atoms with van der Waals surface area (Å²) >= 11 is 3.31. The molecule has 0 aliphatic heterocycles. The van der Waals surface area contributed by atoms with E-state index < -0.39 is 5.97 Å². The normalized spacial score (nSPS) is 10.3. The maximum absolute atomic E-state index is 10.9. The molecule has 0 saturated heterocycles. The minimum absolute atomic E-state index is 0.167. The number of carboxylic acids is 1. The Morgan fingerprint density at radius 3 is 3.00 bits per heavy atom. The molecule has 0 bridgehead atoms. The van der Waals surface area contributed by atoms with Crippen molar-refractivity contribution in [1.82, 2.24) is 14.8 Å². The fourth-order valence-corrected chi connectivity index (χ4v) is 1.77. The third kappa shape index (κ3) is 2.27. The number of nitrogens with zero attached hydrogens (tertiary/aromatic N) is 3. The first-order chi connectivity index (χ1) is 7.66. The molecule has 0 radical (unpaired) electrons. The number of halogens is 1. The van der Waals surface area contributed by atoms with Gasteiger partial charge in [0.15, 0.2) is 0 Å². The first-order valence-electron chi connectivity index (χ1n) is 4.51. The number of rotatable bonds is 3. The molecule has 5 nitrogen and oxygen atoms in total. The molecule has 2 rings (SSSR count). The summed E-state index contributed by atoms with van der Waals surface area (Å²) < 4.78 is 2.28. The molecular formula is C10H8BrN3O2. The van der Waals surface area contributed by atoms with Gasteiger partial charge in [0.2, 0.25) is 0 Å². The van der Waals surface area contributed by atoms with E-state index in [1.807, 2.05) is 6.07 Å². The van der Waals surface area contributed by atoms with Gasteiger partial charge in [-0.05, 0) is 33.6 Å². The van der Waals surface area contributed by atoms with E-state index in [4.69, 9.17) is 5.11 Å². The summed E-state index contributed by atoms with van der Waals surface area (Å²) in [6, 6.07) is 3.34. The summed E-state index contributed by atoms with van der Waals surface area (Å²) in [5.74, 6) is -0.986. The van der Waals surface area contributed by atoms with Crippen molar-refractivity contribution >= 4 is 21.9 Å². The largest absolute Gasteiger partial charge is 0.477 e. The Labute approximate surface area is 99.9 Å². The van der Waals surface area contributed by atoms with E-state index in [-0.39, 0.29) is 5.69 Å². The van der Waals surface area contributed by atoms with Crippen molar-refractivity contribution in [3.05, 3.63) is 46.5 Å². The van der Waals surface area contributed by atoms with Crippen LogP contribution in [0.3, 0.4) is 0 Å². The van der Waals surface area contributed by atoms with Gasteiger partial charge in [-0.3, -0.25) is 9.67 Å². The first kappa shape index (κ1) is 10.8. The topological polar surface area (TPSA) is 68.0 Å². The molecule has 82 valence electrons. The average Bonchev–Trinajstić information content (AvgIpc) is 2.66. The van der Waals surface area contributed by atoms with Crippen LogP contribution in [0.2, 0.25) is 0 Å². The van der Waals surface area contributed by atoms with Gasteiger partial charge in [-0.1, -0.05) is 0 Å². The Hall–Kier alpha value is -1.69. The SMILES string of the molecule is O=C(O)c1ccnn1Cc1cncc(Br)c1. The summed E-state index contributed by atoms with van der Waals surface area (Å²) in [4.78, 5) is 14.9. The van der Waals surface area contributed by atoms with Gasteiger partial charge in [0.1, 0.15) is 5.69 Å². The van der Waals surface area contributed by atoms with Crippen LogP contribution in [0.15, 0.2) is 35.2 Å². The van der Waals surface area contributed by atoms with Gasteiger partial charge in [-0.2, -0.15) is 5.10 Å². The molecular weight excluding hydrogens is 274 g/mol. The van der Waals surface area contributed by atoms with Crippen LogP contribution in [0, 0.1) is 0 Å². The minimum Gasteiger partial charge on any atom is -0.477 e. The summed E-state index contributed by atoms with van der Waals surface area (Å²) in [6.07, 6.45) is 4.82. The van der Waals surface area contributed by atoms with E-state index in [9.17, 15) is 4.79 Å². The molecule has 0 atom stereocenters. The fraction of sp³-hybridized carbons (Fsp3) is 0.100. The van der Waals surface area contributed by atoms with Crippen LogP contribution in [0.4, 0.5) is 0 Å². The highest BCUT2D eigenvalue weighted by atomic mass is 79.9. The van der Waals surface area contributed by atoms with Gasteiger partial charge in [-0.15, -0.1) is 0 Å². The van der Waals surface area contributed by atoms with E-state index in [1.165, 1.54) is 16.9 Å². The zero-order valence-electron chi connectivity index (χ0n) is 8.17. The molecule has 0 aromatic carbocycles. The number of aromatic nitrogens is 3. The Morgan fingerprint density at radius 2 is 2.31 bits per heavy atom. The average molecular weight is 282 g/mol. The molecule has 0 amide bonds. The second kappa shape index (κ2) is 4.44. The number of hydrogen-bond donors (Lipinski definition) is 1. The van der Waals surface area contributed by atoms with E-state index in [0.29, 0.717) is 6.54 Å². The molecule has 0 aliphatic carbocycles. The van der Waals surface area contributed by atoms with Crippen molar-refractivity contribution in [3.63, 3.8) is 0 Å². The molecule has 2 aromatic heterocycles. The summed E-state index contributed by atoms with van der Waals surface area (Å²) in [5.41, 5.74) is 1.06. The van der Waals surface area contributed by atoms with Gasteiger partial charge in [-0.25, -0.2) is 4.79 Å². The number of aromatic carboxylic acids is 1. The highest BCUT2D eigenvalue weighted by molar-refractivity contribution is 9.10. The molecule has 1 N–H and O–H groups in total. The molecule has 6 heteroatoms. The summed E-state index contributed by atoms with van der Waals surface area (Å²) in [5, 5.41) is 12.9. The zero-order chi connectivity index (χ0) is 11.5. The molecule has 2 heterocycles. The van der Waals surface area contributed by atoms with Gasteiger partial charge in [0.05, 0.1) is 6.54 Å². The van der Waals surface area contributed by atoms with Crippen LogP contribution >= 0.6 is 15.9 Å². The lowest BCUT2D eigenvalue weighted by Crippen LogP contribution is -2.10. The molecule has 0 unspecified atom stereocenters. The monoisotopic (exact) mass is 281 g/mol. The molecule has 0 saturated carbocycles. The lowest BCUT2D eigenvalue weighted by molar-refractivity contribution is 0.0684. The van der Waals surface area contributed by atoms with Crippen molar-refractivity contribution in [3.8, 4) is 0 Å². The number of pyridine rings is 1. The van der Waals surface area contributed by atoms with E-state index in [1.54, 1.807) is 12.4 Å². The Kier molecular flexibility index (Phi) is 3.00. The molecule has 0 spiro atoms. The number of hydrogen-bond acceptors (Lipinski definition) is 3. The highest BCUT2D eigenvalue weighted by Gasteiger charge is 2.10. The van der Waals surface area contributed by atoms with Crippen molar-refractivity contribution in [2.75, 3.05) is 0 Å². The lowest BCUT2D eigenvalue weighted by Gasteiger charge is -2.04. The third-order valence-electron chi connectivity index (χ3n) is 2.03. The Balaban J connectivity index is 2.27. The van der Waals surface area contributed by atoms with Crippen LogP contribution in [0.5, 0.6) is 0 Å². The van der Waals surface area contributed by atoms with E-state index in [0.717, 1.165) is 10.0 Å². The van der Waals surface area contributed by atoms with Crippen LogP contribution in [-0.2, 0) is 6.54 Å². The first-order valence-corrected chi connectivity index (χ1v) is 5.30. The van der Waals surface area contributed by atoms with Gasteiger partial charge in [0.25, 0.3) is 0 Å². The van der Waals surface area contributed by atoms with Crippen molar-refractivity contribution in [2.45, 2.75) is 6.54 Å². The number of carbonyl (C=O) groups is 1. The highest BCUT2D eigenvalue weighted by Crippen LogP contribution is 2.11. The maximum atomic E-state index is 10.9. The van der Waals surface area contributed by atoms with Crippen LogP contribution in [0.1, 0.15) is 16.1 Å². The van der Waals surface area contributed by atoms with Gasteiger partial charge < -0.3 is 5.11 Å². The van der Waals surface area contributed by atoms with Crippen molar-refractivity contribution in [1.29, 1.82) is 0 Å².